The van der Waals surface area contributed by atoms with Crippen LogP contribution in [0.1, 0.15) is 40.8 Å². The van der Waals surface area contributed by atoms with Crippen LogP contribution in [0.5, 0.6) is 0 Å². The molecule has 0 unspecified atom stereocenters. The summed E-state index contributed by atoms with van der Waals surface area (Å²) in [6.45, 7) is 3.57. The first-order valence-corrected chi connectivity index (χ1v) is 8.54. The van der Waals surface area contributed by atoms with E-state index in [-0.39, 0.29) is 0 Å². The fraction of sp³-hybridized carbons (Fsp3) is 0.400. The summed E-state index contributed by atoms with van der Waals surface area (Å²) in [4.78, 5) is 5.40. The van der Waals surface area contributed by atoms with E-state index < -0.39 is 0 Å². The molecule has 2 nitrogen and oxygen atoms in total. The number of nitrogens with zero attached hydrogens (tertiary/aromatic N) is 2. The minimum absolute atomic E-state index is 0.609. The molecule has 2 aromatic rings. The molecule has 2 atom stereocenters. The molecule has 3 aliphatic heterocycles. The fourth-order valence-electron chi connectivity index (χ4n) is 4.74. The Balaban J connectivity index is 1.54. The standard InChI is InChI=1S/C20H22N2/c1-3-7-17-15(5-1)9-11-21-14-22-12-10-16-6-2-4-8-18(16)20(22)13-19(17)21/h1-8,19-20H,9-14H2/t19-,20-/m0/s1. The van der Waals surface area contributed by atoms with Gasteiger partial charge in [0.25, 0.3) is 0 Å². The van der Waals surface area contributed by atoms with Crippen LogP contribution in [-0.4, -0.2) is 29.6 Å². The molecular formula is C20H22N2. The van der Waals surface area contributed by atoms with Gasteiger partial charge in [0, 0.05) is 25.2 Å². The van der Waals surface area contributed by atoms with Crippen LogP contribution in [0.2, 0.25) is 0 Å². The Bertz CT molecular complexity index is 649. The summed E-state index contributed by atoms with van der Waals surface area (Å²) in [5, 5.41) is 0. The summed E-state index contributed by atoms with van der Waals surface area (Å²) in [6, 6.07) is 19.4. The van der Waals surface area contributed by atoms with E-state index >= 15 is 0 Å². The van der Waals surface area contributed by atoms with Crippen LogP contribution < -0.4 is 0 Å². The second-order valence-corrected chi connectivity index (χ2v) is 6.93. The van der Waals surface area contributed by atoms with E-state index in [0.717, 1.165) is 6.67 Å². The summed E-state index contributed by atoms with van der Waals surface area (Å²) in [5.41, 5.74) is 6.30. The zero-order chi connectivity index (χ0) is 14.5. The van der Waals surface area contributed by atoms with Crippen molar-refractivity contribution in [3.8, 4) is 0 Å². The van der Waals surface area contributed by atoms with E-state index in [4.69, 9.17) is 0 Å². The highest BCUT2D eigenvalue weighted by Crippen LogP contribution is 2.44. The van der Waals surface area contributed by atoms with Crippen LogP contribution in [0, 0.1) is 0 Å². The van der Waals surface area contributed by atoms with Crippen LogP contribution in [0.25, 0.3) is 0 Å². The lowest BCUT2D eigenvalue weighted by molar-refractivity contribution is -0.0136. The predicted octanol–water partition coefficient (Wildman–Crippen LogP) is 3.55. The van der Waals surface area contributed by atoms with E-state index in [1.54, 1.807) is 22.3 Å². The Hall–Kier alpha value is -1.64. The summed E-state index contributed by atoms with van der Waals surface area (Å²) >= 11 is 0. The largest absolute Gasteiger partial charge is 0.283 e. The molecule has 5 rings (SSSR count). The fourth-order valence-corrected chi connectivity index (χ4v) is 4.74. The van der Waals surface area contributed by atoms with E-state index in [1.807, 2.05) is 0 Å². The predicted molar refractivity (Wildman–Crippen MR) is 88.7 cm³/mol. The zero-order valence-electron chi connectivity index (χ0n) is 12.9. The summed E-state index contributed by atoms with van der Waals surface area (Å²) < 4.78 is 0. The van der Waals surface area contributed by atoms with Gasteiger partial charge in [0.2, 0.25) is 0 Å². The Morgan fingerprint density at radius 3 is 1.73 bits per heavy atom. The second-order valence-electron chi connectivity index (χ2n) is 6.93. The van der Waals surface area contributed by atoms with Crippen molar-refractivity contribution in [3.05, 3.63) is 70.8 Å². The average Bonchev–Trinajstić information content (AvgIpc) is 2.60. The molecule has 0 spiro atoms. The van der Waals surface area contributed by atoms with Crippen molar-refractivity contribution in [1.82, 2.24) is 9.80 Å². The first kappa shape index (κ1) is 12.9. The van der Waals surface area contributed by atoms with E-state index in [2.05, 4.69) is 58.3 Å². The van der Waals surface area contributed by atoms with Crippen LogP contribution >= 0.6 is 0 Å². The first-order valence-electron chi connectivity index (χ1n) is 8.54. The van der Waals surface area contributed by atoms with Gasteiger partial charge >= 0.3 is 0 Å². The average molecular weight is 290 g/mol. The van der Waals surface area contributed by atoms with Gasteiger partial charge in [-0.25, -0.2) is 0 Å². The zero-order valence-corrected chi connectivity index (χ0v) is 12.9. The van der Waals surface area contributed by atoms with Crippen molar-refractivity contribution in [1.29, 1.82) is 0 Å². The highest BCUT2D eigenvalue weighted by Gasteiger charge is 2.39. The van der Waals surface area contributed by atoms with Gasteiger partial charge in [0.1, 0.15) is 0 Å². The summed E-state index contributed by atoms with van der Waals surface area (Å²) in [7, 11) is 0. The van der Waals surface area contributed by atoms with Gasteiger partial charge in [0.05, 0.1) is 6.67 Å². The molecule has 0 amide bonds. The molecule has 0 N–H and O–H groups in total. The number of hydrogen-bond donors (Lipinski definition) is 0. The topological polar surface area (TPSA) is 6.48 Å². The molecule has 0 radical (unpaired) electrons. The molecule has 0 saturated carbocycles. The molecule has 2 heteroatoms. The van der Waals surface area contributed by atoms with Gasteiger partial charge in [-0.3, -0.25) is 9.80 Å². The highest BCUT2D eigenvalue weighted by atomic mass is 15.4. The lowest BCUT2D eigenvalue weighted by atomic mass is 9.82. The third kappa shape index (κ3) is 1.87. The number of hydrogen-bond acceptors (Lipinski definition) is 2. The highest BCUT2D eigenvalue weighted by molar-refractivity contribution is 5.37. The maximum atomic E-state index is 2.70. The number of fused-ring (bicyclic) bond motifs is 6. The number of rotatable bonds is 0. The van der Waals surface area contributed by atoms with Gasteiger partial charge in [-0.05, 0) is 41.5 Å². The van der Waals surface area contributed by atoms with Crippen LogP contribution in [0.4, 0.5) is 0 Å². The third-order valence-electron chi connectivity index (χ3n) is 5.86. The van der Waals surface area contributed by atoms with Crippen molar-refractivity contribution in [2.75, 3.05) is 19.8 Å². The van der Waals surface area contributed by atoms with E-state index in [1.165, 1.54) is 32.4 Å². The van der Waals surface area contributed by atoms with Crippen molar-refractivity contribution in [2.45, 2.75) is 31.3 Å². The number of benzene rings is 2. The molecule has 3 aliphatic rings. The van der Waals surface area contributed by atoms with Gasteiger partial charge in [-0.15, -0.1) is 0 Å². The molecular weight excluding hydrogens is 268 g/mol. The molecule has 112 valence electrons. The summed E-state index contributed by atoms with van der Waals surface area (Å²) in [5.74, 6) is 0. The van der Waals surface area contributed by atoms with Gasteiger partial charge in [0.15, 0.2) is 0 Å². The Labute approximate surface area is 132 Å². The minimum Gasteiger partial charge on any atom is -0.283 e. The van der Waals surface area contributed by atoms with E-state index in [0.29, 0.717) is 12.1 Å². The Morgan fingerprint density at radius 2 is 1.18 bits per heavy atom. The lowest BCUT2D eigenvalue weighted by Gasteiger charge is -2.51. The van der Waals surface area contributed by atoms with E-state index in [9.17, 15) is 0 Å². The maximum Gasteiger partial charge on any atom is 0.0517 e. The van der Waals surface area contributed by atoms with Crippen molar-refractivity contribution in [3.63, 3.8) is 0 Å². The lowest BCUT2D eigenvalue weighted by Crippen LogP contribution is -2.52. The normalized spacial score (nSPS) is 27.5. The van der Waals surface area contributed by atoms with Crippen LogP contribution in [0.3, 0.4) is 0 Å². The maximum absolute atomic E-state index is 2.70. The Kier molecular flexibility index (Phi) is 2.89. The van der Waals surface area contributed by atoms with Crippen molar-refractivity contribution in [2.24, 2.45) is 0 Å². The molecule has 1 fully saturated rings. The van der Waals surface area contributed by atoms with Crippen molar-refractivity contribution < 1.29 is 0 Å². The Morgan fingerprint density at radius 1 is 0.682 bits per heavy atom. The van der Waals surface area contributed by atoms with Crippen LogP contribution in [-0.2, 0) is 12.8 Å². The molecule has 1 saturated heterocycles. The molecule has 22 heavy (non-hydrogen) atoms. The van der Waals surface area contributed by atoms with Gasteiger partial charge < -0.3 is 0 Å². The SMILES string of the molecule is c1ccc2c(c1)CCN1CN3CCc4ccccc4[C@@H]3C[C@@H]21. The van der Waals surface area contributed by atoms with Crippen LogP contribution in [0.15, 0.2) is 48.5 Å². The molecule has 0 aromatic heterocycles. The monoisotopic (exact) mass is 290 g/mol. The molecule has 3 heterocycles. The van der Waals surface area contributed by atoms with Crippen molar-refractivity contribution >= 4 is 0 Å². The summed E-state index contributed by atoms with van der Waals surface area (Å²) in [6.07, 6.45) is 3.66. The first-order chi connectivity index (χ1) is 10.9. The second kappa shape index (κ2) is 4.94. The third-order valence-corrected chi connectivity index (χ3v) is 5.86. The minimum atomic E-state index is 0.609. The quantitative estimate of drug-likeness (QED) is 0.732. The molecule has 0 aliphatic carbocycles. The van der Waals surface area contributed by atoms with Gasteiger partial charge in [-0.2, -0.15) is 0 Å². The van der Waals surface area contributed by atoms with Gasteiger partial charge in [-0.1, -0.05) is 48.5 Å². The smallest absolute Gasteiger partial charge is 0.0517 e. The molecule has 0 bridgehead atoms. The molecule has 2 aromatic carbocycles.